The van der Waals surface area contributed by atoms with Crippen molar-refractivity contribution in [1.29, 1.82) is 0 Å². The summed E-state index contributed by atoms with van der Waals surface area (Å²) in [7, 11) is 6.18. The first-order chi connectivity index (χ1) is 13.3. The van der Waals surface area contributed by atoms with Crippen molar-refractivity contribution in [3.05, 3.63) is 30.1 Å². The Hall–Kier alpha value is -3.50. The van der Waals surface area contributed by atoms with Gasteiger partial charge in [-0.05, 0) is 6.07 Å². The quantitative estimate of drug-likeness (QED) is 0.510. The van der Waals surface area contributed by atoms with Crippen LogP contribution < -0.4 is 16.0 Å². The average Bonchev–Trinajstić information content (AvgIpc) is 3.08. The zero-order valence-electron chi connectivity index (χ0n) is 16.2. The number of likely N-dealkylation sites (N-methyl/N-ethyl adjacent to an activating group) is 1. The van der Waals surface area contributed by atoms with Crippen LogP contribution in [0.5, 0.6) is 0 Å². The van der Waals surface area contributed by atoms with Gasteiger partial charge in [-0.25, -0.2) is 8.91 Å². The summed E-state index contributed by atoms with van der Waals surface area (Å²) in [4.78, 5) is 35.9. The monoisotopic (exact) mass is 390 g/mol. The second-order valence-corrected chi connectivity index (χ2v) is 6.05. The first kappa shape index (κ1) is 20.8. The van der Waals surface area contributed by atoms with E-state index < -0.39 is 18.5 Å². The molecule has 0 aliphatic rings. The van der Waals surface area contributed by atoms with Gasteiger partial charge < -0.3 is 20.9 Å². The second-order valence-electron chi connectivity index (χ2n) is 6.05. The lowest BCUT2D eigenvalue weighted by atomic mass is 10.1. The smallest absolute Gasteiger partial charge is 0.274 e. The second kappa shape index (κ2) is 8.93. The molecule has 0 aromatic carbocycles. The molecule has 0 unspecified atom stereocenters. The highest BCUT2D eigenvalue weighted by Crippen LogP contribution is 2.15. The number of rotatable bonds is 7. The van der Waals surface area contributed by atoms with Gasteiger partial charge in [-0.1, -0.05) is 0 Å². The van der Waals surface area contributed by atoms with Crippen LogP contribution in [-0.4, -0.2) is 78.4 Å². The molecular formula is C17H23FN8O2. The molecule has 0 fully saturated rings. The highest BCUT2D eigenvalue weighted by Gasteiger charge is 2.23. The molecule has 0 saturated carbocycles. The van der Waals surface area contributed by atoms with Crippen LogP contribution in [0.2, 0.25) is 0 Å². The predicted molar refractivity (Wildman–Crippen MR) is 105 cm³/mol. The van der Waals surface area contributed by atoms with Crippen molar-refractivity contribution in [2.45, 2.75) is 0 Å². The summed E-state index contributed by atoms with van der Waals surface area (Å²) in [6, 6.07) is 3.22. The molecule has 0 aliphatic carbocycles. The standard InChI is InChI=1S/C17H23FN8O2/c1-20-14(12(10-19)16(28)24(2)3)15(27)21-11-5-7-26-13(9-11)22-17(23-26)25(4)8-6-18/h5,7,9-10H,6,8,19H2,1-4H3,(H,21,27). The lowest BCUT2D eigenvalue weighted by Gasteiger charge is -2.14. The minimum Gasteiger partial charge on any atom is -0.404 e. The fourth-order valence-electron chi connectivity index (χ4n) is 2.36. The number of halogens is 1. The Morgan fingerprint density at radius 3 is 2.68 bits per heavy atom. The molecule has 3 N–H and O–H groups in total. The molecule has 0 atom stereocenters. The van der Waals surface area contributed by atoms with E-state index in [2.05, 4.69) is 20.4 Å². The number of aliphatic imine (C=N–C) groups is 1. The number of carbonyl (C=O) groups is 2. The third-order valence-electron chi connectivity index (χ3n) is 3.84. The van der Waals surface area contributed by atoms with Crippen LogP contribution in [0.25, 0.3) is 5.65 Å². The Morgan fingerprint density at radius 2 is 2.11 bits per heavy atom. The number of hydrogen-bond donors (Lipinski definition) is 2. The average molecular weight is 390 g/mol. The maximum absolute atomic E-state index is 12.6. The van der Waals surface area contributed by atoms with E-state index in [0.29, 0.717) is 17.3 Å². The number of hydrogen-bond acceptors (Lipinski definition) is 7. The van der Waals surface area contributed by atoms with Gasteiger partial charge >= 0.3 is 0 Å². The van der Waals surface area contributed by atoms with Crippen LogP contribution in [0.3, 0.4) is 0 Å². The molecule has 10 nitrogen and oxygen atoms in total. The Labute approximate surface area is 161 Å². The van der Waals surface area contributed by atoms with Gasteiger partial charge in [0.15, 0.2) is 5.65 Å². The third-order valence-corrected chi connectivity index (χ3v) is 3.84. The Kier molecular flexibility index (Phi) is 6.64. The van der Waals surface area contributed by atoms with Crippen molar-refractivity contribution in [1.82, 2.24) is 19.5 Å². The van der Waals surface area contributed by atoms with Gasteiger partial charge in [0.2, 0.25) is 5.95 Å². The lowest BCUT2D eigenvalue weighted by molar-refractivity contribution is -0.124. The summed E-state index contributed by atoms with van der Waals surface area (Å²) in [5, 5.41) is 6.91. The number of carbonyl (C=O) groups excluding carboxylic acids is 2. The van der Waals surface area contributed by atoms with Crippen LogP contribution in [0.1, 0.15) is 0 Å². The van der Waals surface area contributed by atoms with Gasteiger partial charge in [-0.3, -0.25) is 14.6 Å². The highest BCUT2D eigenvalue weighted by molar-refractivity contribution is 6.53. The van der Waals surface area contributed by atoms with Gasteiger partial charge in [0.05, 0.1) is 5.57 Å². The largest absolute Gasteiger partial charge is 0.404 e. The number of pyridine rings is 1. The van der Waals surface area contributed by atoms with Gasteiger partial charge in [0.25, 0.3) is 11.8 Å². The molecule has 28 heavy (non-hydrogen) atoms. The van der Waals surface area contributed by atoms with Crippen molar-refractivity contribution < 1.29 is 14.0 Å². The molecular weight excluding hydrogens is 367 g/mol. The first-order valence-corrected chi connectivity index (χ1v) is 8.38. The summed E-state index contributed by atoms with van der Waals surface area (Å²) in [5.74, 6) is -0.665. The molecule has 0 radical (unpaired) electrons. The number of anilines is 2. The van der Waals surface area contributed by atoms with E-state index in [9.17, 15) is 14.0 Å². The van der Waals surface area contributed by atoms with Gasteiger partial charge in [-0.15, -0.1) is 5.10 Å². The van der Waals surface area contributed by atoms with Crippen molar-refractivity contribution in [2.75, 3.05) is 51.6 Å². The fourth-order valence-corrected chi connectivity index (χ4v) is 2.36. The molecule has 2 aromatic heterocycles. The molecule has 0 bridgehead atoms. The molecule has 11 heteroatoms. The molecule has 2 heterocycles. The summed E-state index contributed by atoms with van der Waals surface area (Å²) < 4.78 is 14.0. The van der Waals surface area contributed by atoms with Gasteiger partial charge in [-0.2, -0.15) is 4.98 Å². The fraction of sp³-hybridized carbons (Fsp3) is 0.353. The number of alkyl halides is 1. The maximum Gasteiger partial charge on any atom is 0.274 e. The SMILES string of the molecule is CN=C(C(=O)Nc1ccn2nc(N(C)CCF)nc2c1)C(=CN)C(=O)N(C)C. The highest BCUT2D eigenvalue weighted by atomic mass is 19.1. The van der Waals surface area contributed by atoms with Crippen LogP contribution in [0.4, 0.5) is 16.0 Å². The zero-order chi connectivity index (χ0) is 20.8. The summed E-state index contributed by atoms with van der Waals surface area (Å²) in [6.07, 6.45) is 2.66. The van der Waals surface area contributed by atoms with Crippen LogP contribution >= 0.6 is 0 Å². The molecule has 2 aromatic rings. The zero-order valence-corrected chi connectivity index (χ0v) is 16.2. The number of nitrogens with zero attached hydrogens (tertiary/aromatic N) is 6. The normalized spacial score (nSPS) is 12.2. The van der Waals surface area contributed by atoms with E-state index in [1.165, 1.54) is 16.5 Å². The van der Waals surface area contributed by atoms with E-state index in [-0.39, 0.29) is 17.8 Å². The van der Waals surface area contributed by atoms with E-state index in [1.807, 2.05) is 0 Å². The minimum atomic E-state index is -0.590. The van der Waals surface area contributed by atoms with E-state index in [1.54, 1.807) is 44.4 Å². The Bertz CT molecular complexity index is 934. The molecule has 2 amide bonds. The molecule has 150 valence electrons. The minimum absolute atomic E-state index is 0.0105. The summed E-state index contributed by atoms with van der Waals surface area (Å²) in [6.45, 7) is -0.347. The topological polar surface area (TPSA) is 121 Å². The number of amides is 2. The molecule has 0 spiro atoms. The Morgan fingerprint density at radius 1 is 1.39 bits per heavy atom. The third kappa shape index (κ3) is 4.42. The van der Waals surface area contributed by atoms with Crippen molar-refractivity contribution >= 4 is 34.8 Å². The predicted octanol–water partition coefficient (Wildman–Crippen LogP) is 0.0751. The summed E-state index contributed by atoms with van der Waals surface area (Å²) in [5.41, 5.74) is 6.32. The van der Waals surface area contributed by atoms with Crippen molar-refractivity contribution in [3.63, 3.8) is 0 Å². The maximum atomic E-state index is 12.6. The van der Waals surface area contributed by atoms with Crippen LogP contribution in [0.15, 0.2) is 35.1 Å². The number of nitrogens with two attached hydrogens (primary N) is 1. The van der Waals surface area contributed by atoms with E-state index in [4.69, 9.17) is 5.73 Å². The van der Waals surface area contributed by atoms with Gasteiger partial charge in [0.1, 0.15) is 12.4 Å². The Balaban J connectivity index is 2.25. The first-order valence-electron chi connectivity index (χ1n) is 8.38. The van der Waals surface area contributed by atoms with E-state index in [0.717, 1.165) is 6.20 Å². The van der Waals surface area contributed by atoms with Crippen LogP contribution in [-0.2, 0) is 9.59 Å². The van der Waals surface area contributed by atoms with E-state index >= 15 is 0 Å². The van der Waals surface area contributed by atoms with Crippen molar-refractivity contribution in [3.8, 4) is 0 Å². The number of nitrogens with one attached hydrogen (secondary N) is 1. The van der Waals surface area contributed by atoms with Gasteiger partial charge in [0, 0.05) is 58.9 Å². The van der Waals surface area contributed by atoms with Crippen LogP contribution in [0, 0.1) is 0 Å². The molecule has 2 rings (SSSR count). The summed E-state index contributed by atoms with van der Waals surface area (Å²) >= 11 is 0. The molecule has 0 aliphatic heterocycles. The van der Waals surface area contributed by atoms with Crippen molar-refractivity contribution in [2.24, 2.45) is 10.7 Å². The number of fused-ring (bicyclic) bond motifs is 1. The lowest BCUT2D eigenvalue weighted by Crippen LogP contribution is -2.34. The molecule has 0 saturated heterocycles. The number of aromatic nitrogens is 3.